The van der Waals surface area contributed by atoms with Crippen molar-refractivity contribution in [1.82, 2.24) is 40.4 Å². The van der Waals surface area contributed by atoms with Crippen molar-refractivity contribution in [1.29, 1.82) is 0 Å². The quantitative estimate of drug-likeness (QED) is 0.0807. The maximum atomic E-state index is 13.4. The number of methoxy groups -OCH3 is 1. The van der Waals surface area contributed by atoms with Gasteiger partial charge in [0.1, 0.15) is 17.7 Å². The van der Waals surface area contributed by atoms with Crippen molar-refractivity contribution in [2.24, 2.45) is 22.6 Å². The van der Waals surface area contributed by atoms with Crippen LogP contribution < -0.4 is 16.4 Å². The van der Waals surface area contributed by atoms with Gasteiger partial charge in [-0.25, -0.2) is 19.6 Å². The molecule has 2 aliphatic rings. The Balaban J connectivity index is 1.15. The number of carbonyl (C=O) groups excluding carboxylic acids is 2. The Labute approximate surface area is 308 Å². The molecule has 6 rings (SSSR count). The number of fused-ring (bicyclic) bond motifs is 2. The van der Waals surface area contributed by atoms with Gasteiger partial charge in [0.15, 0.2) is 5.96 Å². The van der Waals surface area contributed by atoms with Crippen molar-refractivity contribution in [3.63, 3.8) is 0 Å². The molecule has 53 heavy (non-hydrogen) atoms. The van der Waals surface area contributed by atoms with E-state index in [0.29, 0.717) is 24.9 Å². The lowest BCUT2D eigenvalue weighted by Gasteiger charge is -2.29. The van der Waals surface area contributed by atoms with E-state index in [0.717, 1.165) is 71.2 Å². The van der Waals surface area contributed by atoms with Crippen LogP contribution in [0, 0.1) is 23.7 Å². The minimum absolute atomic E-state index is 0.0507. The Morgan fingerprint density at radius 1 is 0.906 bits per heavy atom. The molecule has 0 saturated carbocycles. The number of aromatic nitrogens is 4. The number of hydrogen-bond acceptors (Lipinski definition) is 7. The van der Waals surface area contributed by atoms with Crippen molar-refractivity contribution in [3.05, 3.63) is 59.2 Å². The van der Waals surface area contributed by atoms with Gasteiger partial charge in [-0.2, -0.15) is 0 Å². The number of amides is 3. The van der Waals surface area contributed by atoms with E-state index in [4.69, 9.17) is 20.4 Å². The first-order valence-corrected chi connectivity index (χ1v) is 18.1. The molecule has 4 atom stereocenters. The fourth-order valence-electron chi connectivity index (χ4n) is 7.06. The summed E-state index contributed by atoms with van der Waals surface area (Å²) in [7, 11) is 1.34. The molecule has 4 aromatic rings. The van der Waals surface area contributed by atoms with Gasteiger partial charge in [-0.15, -0.1) is 0 Å². The van der Waals surface area contributed by atoms with Crippen LogP contribution >= 0.6 is 0 Å². The van der Waals surface area contributed by atoms with Crippen molar-refractivity contribution < 1.29 is 24.2 Å². The number of carbonyl (C=O) groups is 3. The van der Waals surface area contributed by atoms with Gasteiger partial charge in [0.25, 0.3) is 0 Å². The molecular formula is C38H48N10O5. The molecule has 280 valence electrons. The average molecular weight is 725 g/mol. The first-order chi connectivity index (χ1) is 25.4. The standard InChI is InChI=1S/C38H48N10O5/c1-21(2)29(45-38(52)53-5)20-40-36(39)48-17-7-9-31(48)34-42-26-15-13-24(19-28(26)44-34)11-10-23-12-14-25-27(18-23)43-33(41-25)30-8-6-16-47(30)35(49)32(22(3)4)46-37(50)51/h12-15,18-19,21-22,29-32,46H,6-9,16-17,20H2,1-5H3,(H2,39,40)(H,41,43)(H,42,44)(H,45,52)(H,50,51). The van der Waals surface area contributed by atoms with Crippen molar-refractivity contribution >= 4 is 46.1 Å². The molecule has 2 fully saturated rings. The number of nitrogens with one attached hydrogen (secondary N) is 4. The van der Waals surface area contributed by atoms with Gasteiger partial charge in [0, 0.05) is 24.2 Å². The maximum Gasteiger partial charge on any atom is 0.407 e. The Hall–Kier alpha value is -5.78. The number of alkyl carbamates (subject to hydrolysis) is 1. The van der Waals surface area contributed by atoms with Crippen molar-refractivity contribution in [2.75, 3.05) is 26.7 Å². The summed E-state index contributed by atoms with van der Waals surface area (Å²) in [5.41, 5.74) is 11.4. The average Bonchev–Trinajstić information content (AvgIpc) is 3.95. The summed E-state index contributed by atoms with van der Waals surface area (Å²) in [4.78, 5) is 61.5. The molecule has 15 nitrogen and oxygen atoms in total. The Morgan fingerprint density at radius 3 is 1.96 bits per heavy atom. The number of H-pyrrole nitrogens is 2. The highest BCUT2D eigenvalue weighted by molar-refractivity contribution is 5.86. The molecule has 2 aromatic carbocycles. The normalized spacial score (nSPS) is 18.7. The lowest BCUT2D eigenvalue weighted by Crippen LogP contribution is -2.50. The lowest BCUT2D eigenvalue weighted by molar-refractivity contribution is -0.135. The van der Waals surface area contributed by atoms with Gasteiger partial charge in [-0.05, 0) is 73.9 Å². The largest absolute Gasteiger partial charge is 0.465 e. The van der Waals surface area contributed by atoms with E-state index < -0.39 is 18.2 Å². The first kappa shape index (κ1) is 37.0. The highest BCUT2D eigenvalue weighted by atomic mass is 16.5. The number of likely N-dealkylation sites (tertiary alicyclic amines) is 2. The summed E-state index contributed by atoms with van der Waals surface area (Å²) >= 11 is 0. The fourth-order valence-corrected chi connectivity index (χ4v) is 7.06. The van der Waals surface area contributed by atoms with E-state index in [9.17, 15) is 19.5 Å². The first-order valence-electron chi connectivity index (χ1n) is 18.1. The van der Waals surface area contributed by atoms with Crippen molar-refractivity contribution in [3.8, 4) is 11.8 Å². The molecule has 0 bridgehead atoms. The fraction of sp³-hybridized carbons (Fsp3) is 0.474. The number of aromatic amines is 2. The lowest BCUT2D eigenvalue weighted by atomic mass is 10.0. The summed E-state index contributed by atoms with van der Waals surface area (Å²) in [5.74, 6) is 8.17. The van der Waals surface area contributed by atoms with Crippen LogP contribution in [-0.2, 0) is 9.53 Å². The molecule has 4 unspecified atom stereocenters. The summed E-state index contributed by atoms with van der Waals surface area (Å²) < 4.78 is 4.76. The minimum atomic E-state index is -1.22. The molecule has 0 spiro atoms. The predicted octanol–water partition coefficient (Wildman–Crippen LogP) is 4.63. The van der Waals surface area contributed by atoms with Gasteiger partial charge < -0.3 is 46.0 Å². The minimum Gasteiger partial charge on any atom is -0.465 e. The van der Waals surface area contributed by atoms with E-state index in [1.54, 1.807) is 4.90 Å². The summed E-state index contributed by atoms with van der Waals surface area (Å²) in [6.45, 7) is 9.32. The molecule has 2 aliphatic heterocycles. The molecule has 0 radical (unpaired) electrons. The third-order valence-corrected chi connectivity index (χ3v) is 10.0. The van der Waals surface area contributed by atoms with Gasteiger partial charge >= 0.3 is 12.2 Å². The van der Waals surface area contributed by atoms with Crippen LogP contribution in [0.3, 0.4) is 0 Å². The zero-order valence-corrected chi connectivity index (χ0v) is 30.8. The van der Waals surface area contributed by atoms with E-state index in [1.165, 1.54) is 7.11 Å². The number of hydrogen-bond donors (Lipinski definition) is 6. The van der Waals surface area contributed by atoms with Gasteiger partial charge in [-0.1, -0.05) is 39.5 Å². The third kappa shape index (κ3) is 8.32. The monoisotopic (exact) mass is 724 g/mol. The maximum absolute atomic E-state index is 13.4. The number of ether oxygens (including phenoxy) is 1. The number of benzene rings is 2. The Bertz CT molecular complexity index is 2070. The second-order valence-corrected chi connectivity index (χ2v) is 14.4. The van der Waals surface area contributed by atoms with Crippen LogP contribution in [0.15, 0.2) is 41.4 Å². The van der Waals surface area contributed by atoms with Crippen LogP contribution in [0.4, 0.5) is 9.59 Å². The van der Waals surface area contributed by atoms with Crippen LogP contribution in [0.25, 0.3) is 22.1 Å². The van der Waals surface area contributed by atoms with Crippen LogP contribution in [0.2, 0.25) is 0 Å². The molecule has 15 heteroatoms. The molecule has 2 aromatic heterocycles. The van der Waals surface area contributed by atoms with E-state index in [-0.39, 0.29) is 35.9 Å². The number of imidazole rings is 2. The number of aliphatic imine (C=N–C) groups is 1. The second kappa shape index (κ2) is 15.9. The number of nitrogens with zero attached hydrogens (tertiary/aromatic N) is 5. The zero-order valence-electron chi connectivity index (χ0n) is 30.8. The van der Waals surface area contributed by atoms with E-state index in [1.807, 2.05) is 64.1 Å². The second-order valence-electron chi connectivity index (χ2n) is 14.4. The Kier molecular flexibility index (Phi) is 11.1. The van der Waals surface area contributed by atoms with Crippen molar-refractivity contribution in [2.45, 2.75) is 77.5 Å². The molecular weight excluding hydrogens is 676 g/mol. The highest BCUT2D eigenvalue weighted by Gasteiger charge is 2.37. The van der Waals surface area contributed by atoms with Crippen LogP contribution in [0.1, 0.15) is 88.2 Å². The predicted molar refractivity (Wildman–Crippen MR) is 201 cm³/mol. The topological polar surface area (TPSA) is 207 Å². The van der Waals surface area contributed by atoms with Gasteiger partial charge in [0.2, 0.25) is 5.91 Å². The van der Waals surface area contributed by atoms with Crippen LogP contribution in [-0.4, -0.2) is 97.7 Å². The number of carboxylic acid groups (broad SMARTS) is 1. The Morgan fingerprint density at radius 2 is 1.45 bits per heavy atom. The highest BCUT2D eigenvalue weighted by Crippen LogP contribution is 2.33. The molecule has 3 amide bonds. The number of guanidine groups is 1. The zero-order chi connectivity index (χ0) is 37.8. The number of nitrogens with two attached hydrogens (primary N) is 1. The molecule has 4 heterocycles. The summed E-state index contributed by atoms with van der Waals surface area (Å²) in [5, 5.41) is 14.5. The third-order valence-electron chi connectivity index (χ3n) is 10.0. The SMILES string of the molecule is COC(=O)NC(CN=C(N)N1CCCC1c1nc2ccc(C#Cc3ccc4nc(C5CCCN5C(=O)C(NC(=O)O)C(C)C)[nH]c4c3)cc2[nH]1)C(C)C. The van der Waals surface area contributed by atoms with E-state index >= 15 is 0 Å². The van der Waals surface area contributed by atoms with Gasteiger partial charge in [0.05, 0.1) is 53.8 Å². The van der Waals surface area contributed by atoms with Gasteiger partial charge in [-0.3, -0.25) is 9.79 Å². The molecule has 2 saturated heterocycles. The smallest absolute Gasteiger partial charge is 0.407 e. The molecule has 0 aliphatic carbocycles. The van der Waals surface area contributed by atoms with E-state index in [2.05, 4.69) is 42.3 Å². The molecule has 7 N–H and O–H groups in total. The summed E-state index contributed by atoms with van der Waals surface area (Å²) in [6.07, 6.45) is 1.67. The number of rotatable bonds is 9. The summed E-state index contributed by atoms with van der Waals surface area (Å²) in [6, 6.07) is 10.3. The van der Waals surface area contributed by atoms with Crippen LogP contribution in [0.5, 0.6) is 0 Å².